The SMILES string of the molecule is Cn1/c(=N/NC(=O)CN2C(=O)NC(C)(c3ccc(F)cc3)C2=O)sc2ccccc21. The minimum atomic E-state index is -1.37. The highest BCUT2D eigenvalue weighted by Gasteiger charge is 2.49. The highest BCUT2D eigenvalue weighted by molar-refractivity contribution is 7.16. The number of carbonyl (C=O) groups excluding carboxylic acids is 3. The van der Waals surface area contributed by atoms with Crippen LogP contribution in [0.4, 0.5) is 9.18 Å². The second kappa shape index (κ2) is 7.38. The molecule has 154 valence electrons. The van der Waals surface area contributed by atoms with Crippen molar-refractivity contribution >= 4 is 39.4 Å². The number of imide groups is 1. The van der Waals surface area contributed by atoms with E-state index in [1.54, 1.807) is 0 Å². The molecule has 1 aliphatic heterocycles. The Balaban J connectivity index is 1.50. The first kappa shape index (κ1) is 19.8. The maximum Gasteiger partial charge on any atom is 0.325 e. The van der Waals surface area contributed by atoms with Crippen molar-refractivity contribution in [1.29, 1.82) is 0 Å². The van der Waals surface area contributed by atoms with Crippen molar-refractivity contribution in [2.24, 2.45) is 12.1 Å². The van der Waals surface area contributed by atoms with E-state index in [4.69, 9.17) is 0 Å². The van der Waals surface area contributed by atoms with Gasteiger partial charge in [-0.2, -0.15) is 0 Å². The summed E-state index contributed by atoms with van der Waals surface area (Å²) < 4.78 is 16.0. The second-order valence-electron chi connectivity index (χ2n) is 7.01. The Morgan fingerprint density at radius 2 is 1.90 bits per heavy atom. The molecule has 30 heavy (non-hydrogen) atoms. The highest BCUT2D eigenvalue weighted by Crippen LogP contribution is 2.28. The number of urea groups is 1. The van der Waals surface area contributed by atoms with Crippen molar-refractivity contribution in [2.45, 2.75) is 12.5 Å². The fraction of sp³-hybridized carbons (Fsp3) is 0.200. The van der Waals surface area contributed by atoms with Gasteiger partial charge < -0.3 is 9.88 Å². The molecule has 0 aliphatic carbocycles. The number of nitrogens with zero attached hydrogens (tertiary/aromatic N) is 3. The fourth-order valence-electron chi connectivity index (χ4n) is 3.30. The summed E-state index contributed by atoms with van der Waals surface area (Å²) in [5, 5.41) is 6.68. The highest BCUT2D eigenvalue weighted by atomic mass is 32.1. The van der Waals surface area contributed by atoms with Crippen LogP contribution in [0.3, 0.4) is 0 Å². The number of benzene rings is 2. The number of hydrogen-bond donors (Lipinski definition) is 2. The third-order valence-electron chi connectivity index (χ3n) is 4.99. The van der Waals surface area contributed by atoms with Gasteiger partial charge in [0.05, 0.1) is 10.2 Å². The van der Waals surface area contributed by atoms with E-state index in [9.17, 15) is 18.8 Å². The number of halogens is 1. The average Bonchev–Trinajstić information content (AvgIpc) is 3.16. The van der Waals surface area contributed by atoms with Crippen LogP contribution in [-0.2, 0) is 22.2 Å². The predicted molar refractivity (Wildman–Crippen MR) is 108 cm³/mol. The maximum atomic E-state index is 13.2. The molecule has 1 fully saturated rings. The molecule has 4 amide bonds. The van der Waals surface area contributed by atoms with Gasteiger partial charge in [-0.1, -0.05) is 35.6 Å². The van der Waals surface area contributed by atoms with E-state index in [-0.39, 0.29) is 0 Å². The van der Waals surface area contributed by atoms with Crippen molar-refractivity contribution in [2.75, 3.05) is 6.54 Å². The maximum absolute atomic E-state index is 13.2. The summed E-state index contributed by atoms with van der Waals surface area (Å²) >= 11 is 1.40. The molecule has 10 heteroatoms. The van der Waals surface area contributed by atoms with Gasteiger partial charge in [-0.3, -0.25) is 14.5 Å². The first-order valence-corrected chi connectivity index (χ1v) is 9.88. The molecule has 0 radical (unpaired) electrons. The van der Waals surface area contributed by atoms with E-state index >= 15 is 0 Å². The molecule has 0 spiro atoms. The zero-order chi connectivity index (χ0) is 21.5. The summed E-state index contributed by atoms with van der Waals surface area (Å²) in [5.74, 6) is -1.66. The van der Waals surface area contributed by atoms with E-state index in [2.05, 4.69) is 15.8 Å². The van der Waals surface area contributed by atoms with E-state index < -0.39 is 35.7 Å². The zero-order valence-corrected chi connectivity index (χ0v) is 17.0. The lowest BCUT2D eigenvalue weighted by Gasteiger charge is -2.22. The van der Waals surface area contributed by atoms with Crippen LogP contribution >= 0.6 is 11.3 Å². The number of fused-ring (bicyclic) bond motifs is 1. The van der Waals surface area contributed by atoms with Gasteiger partial charge in [0, 0.05) is 7.05 Å². The zero-order valence-electron chi connectivity index (χ0n) is 16.2. The molecule has 2 aromatic carbocycles. The first-order valence-electron chi connectivity index (χ1n) is 9.07. The number of rotatable bonds is 4. The van der Waals surface area contributed by atoms with Crippen molar-refractivity contribution < 1.29 is 18.8 Å². The monoisotopic (exact) mass is 427 g/mol. The Bertz CT molecular complexity index is 1230. The number of amides is 4. The lowest BCUT2D eigenvalue weighted by molar-refractivity contribution is -0.134. The number of carbonyl (C=O) groups is 3. The Morgan fingerprint density at radius 1 is 1.20 bits per heavy atom. The van der Waals surface area contributed by atoms with E-state index in [0.717, 1.165) is 15.1 Å². The van der Waals surface area contributed by atoms with Crippen LogP contribution in [0.15, 0.2) is 53.6 Å². The molecule has 0 saturated carbocycles. The average molecular weight is 427 g/mol. The minimum Gasteiger partial charge on any atom is -0.319 e. The Labute approximate surface area is 174 Å². The van der Waals surface area contributed by atoms with Crippen molar-refractivity contribution in [1.82, 2.24) is 20.2 Å². The number of aromatic nitrogens is 1. The quantitative estimate of drug-likeness (QED) is 0.491. The fourth-order valence-corrected chi connectivity index (χ4v) is 4.28. The van der Waals surface area contributed by atoms with Gasteiger partial charge in [-0.15, -0.1) is 5.10 Å². The number of hydrogen-bond acceptors (Lipinski definition) is 5. The summed E-state index contributed by atoms with van der Waals surface area (Å²) in [6, 6.07) is 12.3. The summed E-state index contributed by atoms with van der Waals surface area (Å²) in [4.78, 5) is 38.9. The molecule has 1 unspecified atom stereocenters. The Morgan fingerprint density at radius 3 is 2.60 bits per heavy atom. The van der Waals surface area contributed by atoms with Crippen molar-refractivity contribution in [3.63, 3.8) is 0 Å². The topological polar surface area (TPSA) is 95.8 Å². The van der Waals surface area contributed by atoms with E-state index in [1.807, 2.05) is 35.9 Å². The summed E-state index contributed by atoms with van der Waals surface area (Å²) in [6.07, 6.45) is 0. The molecule has 2 N–H and O–H groups in total. The predicted octanol–water partition coefficient (Wildman–Crippen LogP) is 1.78. The lowest BCUT2D eigenvalue weighted by atomic mass is 9.92. The summed E-state index contributed by atoms with van der Waals surface area (Å²) in [6.45, 7) is 1.03. The molecule has 1 aliphatic rings. The van der Waals surface area contributed by atoms with Crippen LogP contribution in [-0.4, -0.2) is 33.9 Å². The number of nitrogens with one attached hydrogen (secondary N) is 2. The molecule has 2 heterocycles. The van der Waals surface area contributed by atoms with Crippen LogP contribution in [0, 0.1) is 5.82 Å². The van der Waals surface area contributed by atoms with Crippen molar-refractivity contribution in [3.8, 4) is 0 Å². The molecule has 4 rings (SSSR count). The van der Waals surface area contributed by atoms with Gasteiger partial charge >= 0.3 is 6.03 Å². The Kier molecular flexibility index (Phi) is 4.86. The molecular weight excluding hydrogens is 409 g/mol. The van der Waals surface area contributed by atoms with Crippen molar-refractivity contribution in [3.05, 3.63) is 64.7 Å². The summed E-state index contributed by atoms with van der Waals surface area (Å²) in [5.41, 5.74) is 2.42. The van der Waals surface area contributed by atoms with Gasteiger partial charge in [0.2, 0.25) is 4.80 Å². The molecule has 1 aromatic heterocycles. The number of thiazole rings is 1. The van der Waals surface area contributed by atoms with E-state index in [0.29, 0.717) is 10.4 Å². The molecule has 3 aromatic rings. The third-order valence-corrected chi connectivity index (χ3v) is 6.10. The molecular formula is C20H18FN5O3S. The third kappa shape index (κ3) is 3.35. The van der Waals surface area contributed by atoms with Crippen LogP contribution in [0.25, 0.3) is 10.2 Å². The van der Waals surface area contributed by atoms with Crippen LogP contribution in [0.1, 0.15) is 12.5 Å². The Hall–Kier alpha value is -3.53. The van der Waals surface area contributed by atoms with Crippen LogP contribution < -0.4 is 15.5 Å². The smallest absolute Gasteiger partial charge is 0.319 e. The molecule has 1 atom stereocenters. The van der Waals surface area contributed by atoms with Crippen LogP contribution in [0.5, 0.6) is 0 Å². The largest absolute Gasteiger partial charge is 0.325 e. The first-order chi connectivity index (χ1) is 14.3. The summed E-state index contributed by atoms with van der Waals surface area (Å²) in [7, 11) is 1.83. The normalized spacial score (nSPS) is 19.4. The van der Waals surface area contributed by atoms with Gasteiger partial charge in [-0.05, 0) is 36.8 Å². The van der Waals surface area contributed by atoms with Gasteiger partial charge in [0.15, 0.2) is 0 Å². The number of para-hydroxylation sites is 1. The van der Waals surface area contributed by atoms with Gasteiger partial charge in [-0.25, -0.2) is 14.6 Å². The molecule has 8 nitrogen and oxygen atoms in total. The standard InChI is InChI=1S/C20H18FN5O3S/c1-20(12-7-9-13(21)10-8-12)17(28)26(18(29)22-20)11-16(27)23-24-19-25(2)14-5-3-4-6-15(14)30-19/h3-10H,11H2,1-2H3,(H,22,29)(H,23,27)/b24-19-. The van der Waals surface area contributed by atoms with Crippen LogP contribution in [0.2, 0.25) is 0 Å². The second-order valence-corrected chi connectivity index (χ2v) is 8.02. The number of aryl methyl sites for hydroxylation is 1. The van der Waals surface area contributed by atoms with E-state index in [1.165, 1.54) is 42.5 Å². The molecule has 0 bridgehead atoms. The molecule has 1 saturated heterocycles. The lowest BCUT2D eigenvalue weighted by Crippen LogP contribution is -2.42. The minimum absolute atomic E-state index is 0.423. The van der Waals surface area contributed by atoms with Gasteiger partial charge in [0.25, 0.3) is 11.8 Å². The van der Waals surface area contributed by atoms with Gasteiger partial charge in [0.1, 0.15) is 17.9 Å².